The summed E-state index contributed by atoms with van der Waals surface area (Å²) in [5.74, 6) is 0.247. The average molecular weight is 289 g/mol. The highest BCUT2D eigenvalue weighted by Gasteiger charge is 2.20. The Labute approximate surface area is 127 Å². The molecule has 21 heavy (non-hydrogen) atoms. The number of hydrogen-bond acceptors (Lipinski definition) is 3. The van der Waals surface area contributed by atoms with Crippen LogP contribution in [0.3, 0.4) is 0 Å². The molecule has 1 aliphatic rings. The standard InChI is InChI=1S/C17H27N3O/c1-14-4-5-16(12-15(14)2)13-17(21)20-10-8-19(9-11-20)7-3-6-18/h4-5,12H,3,6-11,13,18H2,1-2H3. The van der Waals surface area contributed by atoms with Gasteiger partial charge in [0, 0.05) is 26.2 Å². The van der Waals surface area contributed by atoms with Gasteiger partial charge in [0.25, 0.3) is 0 Å². The van der Waals surface area contributed by atoms with E-state index in [2.05, 4.69) is 36.9 Å². The normalized spacial score (nSPS) is 16.2. The second kappa shape index (κ2) is 7.57. The van der Waals surface area contributed by atoms with Gasteiger partial charge in [0.15, 0.2) is 0 Å². The fraction of sp³-hybridized carbons (Fsp3) is 0.588. The Morgan fingerprint density at radius 2 is 1.86 bits per heavy atom. The predicted molar refractivity (Wildman–Crippen MR) is 86.3 cm³/mol. The number of amides is 1. The van der Waals surface area contributed by atoms with Crippen molar-refractivity contribution in [2.75, 3.05) is 39.3 Å². The van der Waals surface area contributed by atoms with Crippen molar-refractivity contribution < 1.29 is 4.79 Å². The van der Waals surface area contributed by atoms with Crippen LogP contribution in [-0.2, 0) is 11.2 Å². The van der Waals surface area contributed by atoms with Crippen LogP contribution in [0.1, 0.15) is 23.1 Å². The first-order chi connectivity index (χ1) is 10.1. The second-order valence-corrected chi connectivity index (χ2v) is 5.96. The Hall–Kier alpha value is -1.39. The van der Waals surface area contributed by atoms with Gasteiger partial charge in [-0.05, 0) is 50.0 Å². The van der Waals surface area contributed by atoms with Gasteiger partial charge >= 0.3 is 0 Å². The van der Waals surface area contributed by atoms with Gasteiger partial charge in [-0.2, -0.15) is 0 Å². The summed E-state index contributed by atoms with van der Waals surface area (Å²) in [5.41, 5.74) is 9.19. The van der Waals surface area contributed by atoms with Crippen molar-refractivity contribution >= 4 is 5.91 Å². The molecule has 0 spiro atoms. The Bertz CT molecular complexity index is 479. The Balaban J connectivity index is 1.83. The molecule has 0 aromatic heterocycles. The van der Waals surface area contributed by atoms with Crippen LogP contribution in [0.25, 0.3) is 0 Å². The van der Waals surface area contributed by atoms with Crippen molar-refractivity contribution in [3.63, 3.8) is 0 Å². The molecule has 0 aliphatic carbocycles. The highest BCUT2D eigenvalue weighted by molar-refractivity contribution is 5.79. The maximum Gasteiger partial charge on any atom is 0.227 e. The fourth-order valence-corrected chi connectivity index (χ4v) is 2.74. The molecule has 0 unspecified atom stereocenters. The van der Waals surface area contributed by atoms with Crippen LogP contribution >= 0.6 is 0 Å². The van der Waals surface area contributed by atoms with E-state index in [1.54, 1.807) is 0 Å². The summed E-state index contributed by atoms with van der Waals surface area (Å²) in [6.45, 7) is 9.61. The molecule has 1 amide bonds. The Morgan fingerprint density at radius 1 is 1.14 bits per heavy atom. The zero-order chi connectivity index (χ0) is 15.2. The van der Waals surface area contributed by atoms with E-state index in [-0.39, 0.29) is 5.91 Å². The molecule has 0 bridgehead atoms. The van der Waals surface area contributed by atoms with E-state index >= 15 is 0 Å². The minimum atomic E-state index is 0.247. The quantitative estimate of drug-likeness (QED) is 0.890. The van der Waals surface area contributed by atoms with Gasteiger partial charge in [0.1, 0.15) is 0 Å². The highest BCUT2D eigenvalue weighted by Crippen LogP contribution is 2.12. The molecule has 1 fully saturated rings. The van der Waals surface area contributed by atoms with Crippen LogP contribution in [-0.4, -0.2) is 55.0 Å². The number of piperazine rings is 1. The molecule has 1 aromatic rings. The lowest BCUT2D eigenvalue weighted by molar-refractivity contribution is -0.132. The third kappa shape index (κ3) is 4.55. The number of carbonyl (C=O) groups is 1. The van der Waals surface area contributed by atoms with E-state index in [1.807, 2.05) is 4.90 Å². The zero-order valence-corrected chi connectivity index (χ0v) is 13.3. The minimum absolute atomic E-state index is 0.247. The predicted octanol–water partition coefficient (Wildman–Crippen LogP) is 1.34. The maximum absolute atomic E-state index is 12.4. The molecule has 1 aliphatic heterocycles. The van der Waals surface area contributed by atoms with Crippen LogP contribution in [0, 0.1) is 13.8 Å². The monoisotopic (exact) mass is 289 g/mol. The van der Waals surface area contributed by atoms with E-state index in [1.165, 1.54) is 11.1 Å². The lowest BCUT2D eigenvalue weighted by Crippen LogP contribution is -2.49. The van der Waals surface area contributed by atoms with E-state index in [4.69, 9.17) is 5.73 Å². The SMILES string of the molecule is Cc1ccc(CC(=O)N2CCN(CCCN)CC2)cc1C. The molecule has 4 heteroatoms. The highest BCUT2D eigenvalue weighted by atomic mass is 16.2. The molecule has 1 saturated heterocycles. The van der Waals surface area contributed by atoms with Crippen LogP contribution < -0.4 is 5.73 Å². The van der Waals surface area contributed by atoms with Crippen molar-refractivity contribution in [1.82, 2.24) is 9.80 Å². The number of benzene rings is 1. The molecular formula is C17H27N3O. The fourth-order valence-electron chi connectivity index (χ4n) is 2.74. The molecular weight excluding hydrogens is 262 g/mol. The maximum atomic E-state index is 12.4. The summed E-state index contributed by atoms with van der Waals surface area (Å²) in [6, 6.07) is 6.30. The Kier molecular flexibility index (Phi) is 5.76. The van der Waals surface area contributed by atoms with E-state index < -0.39 is 0 Å². The first kappa shape index (κ1) is 16.0. The van der Waals surface area contributed by atoms with Gasteiger partial charge in [-0.3, -0.25) is 9.69 Å². The van der Waals surface area contributed by atoms with E-state index in [9.17, 15) is 4.79 Å². The number of carbonyl (C=O) groups excluding carboxylic acids is 1. The number of hydrogen-bond donors (Lipinski definition) is 1. The van der Waals surface area contributed by atoms with Crippen LogP contribution in [0.2, 0.25) is 0 Å². The first-order valence-electron chi connectivity index (χ1n) is 7.86. The number of nitrogens with two attached hydrogens (primary N) is 1. The average Bonchev–Trinajstić information content (AvgIpc) is 2.49. The van der Waals surface area contributed by atoms with Crippen molar-refractivity contribution in [2.45, 2.75) is 26.7 Å². The minimum Gasteiger partial charge on any atom is -0.340 e. The molecule has 1 aromatic carbocycles. The van der Waals surface area contributed by atoms with Crippen molar-refractivity contribution in [1.29, 1.82) is 0 Å². The molecule has 2 N–H and O–H groups in total. The Morgan fingerprint density at radius 3 is 2.48 bits per heavy atom. The summed E-state index contributed by atoms with van der Waals surface area (Å²) in [4.78, 5) is 16.8. The lowest BCUT2D eigenvalue weighted by Gasteiger charge is -2.34. The van der Waals surface area contributed by atoms with Gasteiger partial charge in [-0.25, -0.2) is 0 Å². The summed E-state index contributed by atoms with van der Waals surface area (Å²) >= 11 is 0. The van der Waals surface area contributed by atoms with E-state index in [0.29, 0.717) is 6.42 Å². The summed E-state index contributed by atoms with van der Waals surface area (Å²) in [7, 11) is 0. The van der Waals surface area contributed by atoms with Crippen molar-refractivity contribution in [3.8, 4) is 0 Å². The summed E-state index contributed by atoms with van der Waals surface area (Å²) in [6.07, 6.45) is 1.56. The second-order valence-electron chi connectivity index (χ2n) is 5.96. The number of rotatable bonds is 5. The number of nitrogens with zero attached hydrogens (tertiary/aromatic N) is 2. The molecule has 0 saturated carbocycles. The molecule has 0 atom stereocenters. The molecule has 116 valence electrons. The summed E-state index contributed by atoms with van der Waals surface area (Å²) in [5, 5.41) is 0. The van der Waals surface area contributed by atoms with Crippen LogP contribution in [0.4, 0.5) is 0 Å². The smallest absolute Gasteiger partial charge is 0.227 e. The van der Waals surface area contributed by atoms with Gasteiger partial charge in [-0.1, -0.05) is 18.2 Å². The third-order valence-electron chi connectivity index (χ3n) is 4.33. The van der Waals surface area contributed by atoms with Gasteiger partial charge < -0.3 is 10.6 Å². The summed E-state index contributed by atoms with van der Waals surface area (Å²) < 4.78 is 0. The topological polar surface area (TPSA) is 49.6 Å². The van der Waals surface area contributed by atoms with Gasteiger partial charge in [-0.15, -0.1) is 0 Å². The largest absolute Gasteiger partial charge is 0.340 e. The molecule has 0 radical (unpaired) electrons. The zero-order valence-electron chi connectivity index (χ0n) is 13.3. The number of aryl methyl sites for hydroxylation is 2. The first-order valence-corrected chi connectivity index (χ1v) is 7.86. The molecule has 1 heterocycles. The lowest BCUT2D eigenvalue weighted by atomic mass is 10.0. The van der Waals surface area contributed by atoms with Crippen molar-refractivity contribution in [2.24, 2.45) is 5.73 Å². The van der Waals surface area contributed by atoms with Crippen LogP contribution in [0.15, 0.2) is 18.2 Å². The van der Waals surface area contributed by atoms with Crippen LogP contribution in [0.5, 0.6) is 0 Å². The van der Waals surface area contributed by atoms with Crippen molar-refractivity contribution in [3.05, 3.63) is 34.9 Å². The third-order valence-corrected chi connectivity index (χ3v) is 4.33. The molecule has 2 rings (SSSR count). The molecule has 4 nitrogen and oxygen atoms in total. The van der Waals surface area contributed by atoms with Gasteiger partial charge in [0.2, 0.25) is 5.91 Å². The van der Waals surface area contributed by atoms with E-state index in [0.717, 1.165) is 51.3 Å². The van der Waals surface area contributed by atoms with Gasteiger partial charge in [0.05, 0.1) is 6.42 Å².